The molecule has 30 heavy (non-hydrogen) atoms. The number of carbonyl (C=O) groups excluding carboxylic acids is 1. The highest BCUT2D eigenvalue weighted by atomic mass is 19.1. The van der Waals surface area contributed by atoms with E-state index in [1.807, 2.05) is 22.9 Å². The van der Waals surface area contributed by atoms with E-state index in [0.717, 1.165) is 29.4 Å². The number of nitrogens with one attached hydrogen (secondary N) is 1. The van der Waals surface area contributed by atoms with Gasteiger partial charge < -0.3 is 19.4 Å². The van der Waals surface area contributed by atoms with Crippen LogP contribution in [0.15, 0.2) is 42.9 Å². The largest absolute Gasteiger partial charge is 0.477 e. The van der Waals surface area contributed by atoms with Crippen molar-refractivity contribution in [1.29, 1.82) is 0 Å². The molecule has 0 radical (unpaired) electrons. The van der Waals surface area contributed by atoms with E-state index >= 15 is 0 Å². The fourth-order valence-corrected chi connectivity index (χ4v) is 3.65. The van der Waals surface area contributed by atoms with Gasteiger partial charge in [-0.15, -0.1) is 0 Å². The number of ether oxygens (including phenoxy) is 2. The van der Waals surface area contributed by atoms with E-state index < -0.39 is 0 Å². The molecule has 0 spiro atoms. The lowest BCUT2D eigenvalue weighted by molar-refractivity contribution is -0.119. The minimum Gasteiger partial charge on any atom is -0.477 e. The predicted molar refractivity (Wildman–Crippen MR) is 110 cm³/mol. The summed E-state index contributed by atoms with van der Waals surface area (Å²) in [5.41, 5.74) is 1.63. The zero-order chi connectivity index (χ0) is 20.9. The quantitative estimate of drug-likeness (QED) is 0.547. The molecule has 0 aliphatic heterocycles. The topological polar surface area (TPSA) is 78.3 Å². The summed E-state index contributed by atoms with van der Waals surface area (Å²) in [7, 11) is 0. The van der Waals surface area contributed by atoms with E-state index in [1.165, 1.54) is 25.4 Å². The Bertz CT molecular complexity index is 1020. The smallest absolute Gasteiger partial charge is 0.226 e. The number of aromatic nitrogens is 3. The van der Waals surface area contributed by atoms with Crippen molar-refractivity contribution in [2.24, 2.45) is 5.92 Å². The lowest BCUT2D eigenvalue weighted by atomic mass is 9.83. The summed E-state index contributed by atoms with van der Waals surface area (Å²) < 4.78 is 27.1. The van der Waals surface area contributed by atoms with Crippen LogP contribution in [0, 0.1) is 11.7 Å². The molecule has 3 aromatic rings. The van der Waals surface area contributed by atoms with Crippen molar-refractivity contribution >= 4 is 16.9 Å². The Labute approximate surface area is 174 Å². The van der Waals surface area contributed by atoms with Crippen molar-refractivity contribution in [2.45, 2.75) is 32.4 Å². The first-order valence-corrected chi connectivity index (χ1v) is 10.1. The summed E-state index contributed by atoms with van der Waals surface area (Å²) in [6, 6.07) is 8.48. The van der Waals surface area contributed by atoms with E-state index in [2.05, 4.69) is 15.3 Å². The molecule has 1 saturated carbocycles. The number of halogens is 1. The third-order valence-corrected chi connectivity index (χ3v) is 5.24. The van der Waals surface area contributed by atoms with Gasteiger partial charge in [0, 0.05) is 26.2 Å². The molecule has 1 N–H and O–H groups in total. The highest BCUT2D eigenvalue weighted by Crippen LogP contribution is 2.31. The monoisotopic (exact) mass is 412 g/mol. The van der Waals surface area contributed by atoms with Crippen LogP contribution in [0.4, 0.5) is 4.39 Å². The van der Waals surface area contributed by atoms with Crippen LogP contribution >= 0.6 is 0 Å². The van der Waals surface area contributed by atoms with Crippen molar-refractivity contribution in [3.63, 3.8) is 0 Å². The molecule has 2 aromatic heterocycles. The average molecular weight is 412 g/mol. The van der Waals surface area contributed by atoms with Crippen LogP contribution in [0.25, 0.3) is 11.0 Å². The lowest BCUT2D eigenvalue weighted by Crippen LogP contribution is -2.37. The molecule has 4 rings (SSSR count). The van der Waals surface area contributed by atoms with Crippen LogP contribution in [-0.4, -0.2) is 46.3 Å². The lowest BCUT2D eigenvalue weighted by Gasteiger charge is -2.34. The summed E-state index contributed by atoms with van der Waals surface area (Å²) in [6.07, 6.45) is 5.52. The van der Waals surface area contributed by atoms with Crippen LogP contribution in [0.1, 0.15) is 25.3 Å². The second kappa shape index (κ2) is 9.21. The van der Waals surface area contributed by atoms with Crippen LogP contribution in [-0.2, 0) is 16.1 Å². The van der Waals surface area contributed by atoms with Crippen molar-refractivity contribution in [3.8, 4) is 5.88 Å². The Balaban J connectivity index is 1.29. The maximum atomic E-state index is 13.5. The van der Waals surface area contributed by atoms with Gasteiger partial charge in [0.2, 0.25) is 11.8 Å². The Morgan fingerprint density at radius 1 is 1.30 bits per heavy atom. The number of amides is 1. The Kier molecular flexibility index (Phi) is 6.23. The third-order valence-electron chi connectivity index (χ3n) is 5.24. The molecule has 0 saturated heterocycles. The number of hydrogen-bond acceptors (Lipinski definition) is 5. The van der Waals surface area contributed by atoms with Gasteiger partial charge in [0.1, 0.15) is 17.8 Å². The number of rotatable bonds is 9. The molecule has 7 nitrogen and oxygen atoms in total. The molecule has 8 heteroatoms. The van der Waals surface area contributed by atoms with Gasteiger partial charge >= 0.3 is 0 Å². The van der Waals surface area contributed by atoms with Crippen LogP contribution < -0.4 is 10.1 Å². The zero-order valence-corrected chi connectivity index (χ0v) is 16.9. The maximum Gasteiger partial charge on any atom is 0.226 e. The first-order valence-electron chi connectivity index (χ1n) is 10.1. The number of hydrogen-bond donors (Lipinski definition) is 1. The van der Waals surface area contributed by atoms with E-state index in [4.69, 9.17) is 9.47 Å². The van der Waals surface area contributed by atoms with Gasteiger partial charge in [0.25, 0.3) is 0 Å². The maximum absolute atomic E-state index is 13.5. The fraction of sp³-hybridized carbons (Fsp3) is 0.409. The number of fused-ring (bicyclic) bond motifs is 1. The van der Waals surface area contributed by atoms with Gasteiger partial charge in [0.15, 0.2) is 0 Å². The minimum atomic E-state index is -0.250. The highest BCUT2D eigenvalue weighted by Gasteiger charge is 2.30. The van der Waals surface area contributed by atoms with E-state index in [0.29, 0.717) is 38.1 Å². The number of nitrogens with zero attached hydrogens (tertiary/aromatic N) is 3. The van der Waals surface area contributed by atoms with E-state index in [9.17, 15) is 9.18 Å². The molecule has 1 aromatic carbocycles. The second-order valence-corrected chi connectivity index (χ2v) is 7.61. The highest BCUT2D eigenvalue weighted by molar-refractivity contribution is 5.81. The molecule has 158 valence electrons. The first-order chi connectivity index (χ1) is 14.6. The molecule has 0 bridgehead atoms. The molecule has 0 unspecified atom stereocenters. The van der Waals surface area contributed by atoms with Crippen LogP contribution in [0.3, 0.4) is 0 Å². The normalized spacial score (nSPS) is 18.2. The van der Waals surface area contributed by atoms with Crippen molar-refractivity contribution in [3.05, 3.63) is 54.2 Å². The first kappa shape index (κ1) is 20.3. The Hall–Kier alpha value is -3.00. The molecule has 2 heterocycles. The molecular formula is C22H25FN4O3. The van der Waals surface area contributed by atoms with Gasteiger partial charge in [-0.2, -0.15) is 0 Å². The summed E-state index contributed by atoms with van der Waals surface area (Å²) in [5, 5.41) is 3.56. The van der Waals surface area contributed by atoms with E-state index in [1.54, 1.807) is 6.07 Å². The van der Waals surface area contributed by atoms with Gasteiger partial charge in [-0.3, -0.25) is 4.79 Å². The predicted octanol–water partition coefficient (Wildman–Crippen LogP) is 2.93. The Morgan fingerprint density at radius 2 is 2.17 bits per heavy atom. The summed E-state index contributed by atoms with van der Waals surface area (Å²) in [6.45, 7) is 3.67. The van der Waals surface area contributed by atoms with Gasteiger partial charge in [0.05, 0.1) is 24.7 Å². The summed E-state index contributed by atoms with van der Waals surface area (Å²) >= 11 is 0. The van der Waals surface area contributed by atoms with Crippen molar-refractivity contribution < 1.29 is 18.7 Å². The Morgan fingerprint density at radius 3 is 2.97 bits per heavy atom. The average Bonchev–Trinajstić information content (AvgIpc) is 3.09. The van der Waals surface area contributed by atoms with Gasteiger partial charge in [-0.25, -0.2) is 14.4 Å². The second-order valence-electron chi connectivity index (χ2n) is 7.61. The number of carbonyl (C=O) groups is 1. The molecule has 1 aliphatic carbocycles. The van der Waals surface area contributed by atoms with Crippen LogP contribution in [0.2, 0.25) is 0 Å². The summed E-state index contributed by atoms with van der Waals surface area (Å²) in [5.74, 6) is 0.697. The minimum absolute atomic E-state index is 0.0422. The molecule has 0 atom stereocenters. The molecule has 1 amide bonds. The zero-order valence-electron chi connectivity index (χ0n) is 16.9. The molecule has 1 fully saturated rings. The number of benzene rings is 1. The van der Waals surface area contributed by atoms with E-state index in [-0.39, 0.29) is 17.8 Å². The van der Waals surface area contributed by atoms with Crippen LogP contribution in [0.5, 0.6) is 5.88 Å². The molecule has 1 aliphatic rings. The fourth-order valence-electron chi connectivity index (χ4n) is 3.65. The van der Waals surface area contributed by atoms with Crippen molar-refractivity contribution in [2.75, 3.05) is 19.8 Å². The van der Waals surface area contributed by atoms with Crippen molar-refractivity contribution in [1.82, 2.24) is 19.9 Å². The molecular weight excluding hydrogens is 387 g/mol. The standard InChI is InChI=1S/C22H25FN4O3/c1-15(28)24-6-8-29-19-10-17(11-19)13-30-22-20-5-7-27(21(20)25-14-26-22)12-16-3-2-4-18(23)9-16/h2-5,7,9,14,17,19H,6,8,10-13H2,1H3,(H,24,28). The third kappa shape index (κ3) is 4.94. The van der Waals surface area contributed by atoms with Gasteiger partial charge in [-0.1, -0.05) is 12.1 Å². The SMILES string of the molecule is CC(=O)NCCOC1CC(COc2ncnc3c2ccn3Cc2cccc(F)c2)C1. The van der Waals surface area contributed by atoms with Gasteiger partial charge in [-0.05, 0) is 42.5 Å². The summed E-state index contributed by atoms with van der Waals surface area (Å²) in [4.78, 5) is 19.5.